The van der Waals surface area contributed by atoms with Gasteiger partial charge < -0.3 is 5.11 Å². The quantitative estimate of drug-likeness (QED) is 0.435. The van der Waals surface area contributed by atoms with Crippen LogP contribution in [0.2, 0.25) is 0 Å². The number of ketones is 1. The molecular formula is C27H21N3O3. The zero-order valence-corrected chi connectivity index (χ0v) is 17.8. The number of aliphatic hydroxyl groups is 1. The minimum Gasteiger partial charge on any atom is -0.396 e. The molecule has 1 N–H and O–H groups in total. The number of carbonyl (C=O) groups excluding carboxylic acids is 1. The van der Waals surface area contributed by atoms with Crippen molar-refractivity contribution in [1.82, 2.24) is 9.55 Å². The number of hydrogen-bond donors (Lipinski definition) is 1. The topological polar surface area (TPSA) is 96.0 Å². The van der Waals surface area contributed by atoms with Crippen molar-refractivity contribution in [3.63, 3.8) is 0 Å². The Hall–Kier alpha value is -4.34. The average Bonchev–Trinajstić information content (AvgIpc) is 2.86. The molecule has 0 saturated carbocycles. The molecule has 4 aromatic rings. The zero-order chi connectivity index (χ0) is 23.2. The van der Waals surface area contributed by atoms with Crippen molar-refractivity contribution >= 4 is 28.8 Å². The summed E-state index contributed by atoms with van der Waals surface area (Å²) in [5.74, 6) is 0.324. The highest BCUT2D eigenvalue weighted by Gasteiger charge is 2.13. The average molecular weight is 435 g/mol. The van der Waals surface area contributed by atoms with Gasteiger partial charge in [0.25, 0.3) is 5.56 Å². The summed E-state index contributed by atoms with van der Waals surface area (Å²) >= 11 is 0. The Bertz CT molecular complexity index is 1440. The van der Waals surface area contributed by atoms with Crippen LogP contribution in [-0.4, -0.2) is 27.0 Å². The van der Waals surface area contributed by atoms with Crippen LogP contribution in [0.1, 0.15) is 40.2 Å². The highest BCUT2D eigenvalue weighted by atomic mass is 16.3. The monoisotopic (exact) mass is 435 g/mol. The van der Waals surface area contributed by atoms with Crippen LogP contribution in [0.15, 0.2) is 77.6 Å². The number of carbonyl (C=O) groups is 1. The van der Waals surface area contributed by atoms with E-state index in [0.29, 0.717) is 40.0 Å². The van der Waals surface area contributed by atoms with Gasteiger partial charge in [-0.25, -0.2) is 4.98 Å². The smallest absolute Gasteiger partial charge is 0.266 e. The van der Waals surface area contributed by atoms with Gasteiger partial charge in [-0.15, -0.1) is 0 Å². The summed E-state index contributed by atoms with van der Waals surface area (Å²) in [7, 11) is 0. The van der Waals surface area contributed by atoms with Gasteiger partial charge >= 0.3 is 0 Å². The van der Waals surface area contributed by atoms with Gasteiger partial charge in [-0.3, -0.25) is 14.2 Å². The summed E-state index contributed by atoms with van der Waals surface area (Å²) in [5.41, 5.74) is 2.77. The van der Waals surface area contributed by atoms with Crippen molar-refractivity contribution in [3.8, 4) is 11.8 Å². The van der Waals surface area contributed by atoms with Crippen LogP contribution in [0.25, 0.3) is 28.7 Å². The van der Waals surface area contributed by atoms with Gasteiger partial charge in [-0.05, 0) is 54.5 Å². The van der Waals surface area contributed by atoms with Gasteiger partial charge in [-0.1, -0.05) is 42.5 Å². The third kappa shape index (κ3) is 4.79. The predicted molar refractivity (Wildman–Crippen MR) is 128 cm³/mol. The van der Waals surface area contributed by atoms with E-state index in [0.717, 1.165) is 5.56 Å². The maximum absolute atomic E-state index is 13.4. The maximum Gasteiger partial charge on any atom is 0.266 e. The summed E-state index contributed by atoms with van der Waals surface area (Å²) in [6.07, 6.45) is 4.19. The molecule has 0 aliphatic rings. The lowest BCUT2D eigenvalue weighted by molar-refractivity contribution is 0.0971. The molecule has 0 bridgehead atoms. The Balaban J connectivity index is 1.84. The SMILES string of the molecule is N#Cc1ccc(/C=C/c2nc3ccccc3c(=O)n2-c2cccc(C(=O)CCCO)c2)cc1. The fourth-order valence-corrected chi connectivity index (χ4v) is 3.55. The van der Waals surface area contributed by atoms with Gasteiger partial charge in [0.2, 0.25) is 0 Å². The summed E-state index contributed by atoms with van der Waals surface area (Å²) in [5, 5.41) is 18.5. The number of nitriles is 1. The van der Waals surface area contributed by atoms with Gasteiger partial charge in [0, 0.05) is 18.6 Å². The van der Waals surface area contributed by atoms with E-state index >= 15 is 0 Å². The molecule has 0 atom stereocenters. The zero-order valence-electron chi connectivity index (χ0n) is 17.8. The van der Waals surface area contributed by atoms with E-state index in [1.54, 1.807) is 60.7 Å². The van der Waals surface area contributed by atoms with E-state index in [2.05, 4.69) is 6.07 Å². The number of hydrogen-bond acceptors (Lipinski definition) is 5. The normalized spacial score (nSPS) is 11.0. The first kappa shape index (κ1) is 21.9. The third-order valence-electron chi connectivity index (χ3n) is 5.25. The maximum atomic E-state index is 13.4. The highest BCUT2D eigenvalue weighted by molar-refractivity contribution is 5.96. The Kier molecular flexibility index (Phi) is 6.53. The van der Waals surface area contributed by atoms with E-state index in [9.17, 15) is 9.59 Å². The first-order valence-electron chi connectivity index (χ1n) is 10.6. The summed E-state index contributed by atoms with van der Waals surface area (Å²) in [6.45, 7) is -0.0518. The Morgan fingerprint density at radius 2 is 1.82 bits per heavy atom. The van der Waals surface area contributed by atoms with Crippen LogP contribution in [0, 0.1) is 11.3 Å². The summed E-state index contributed by atoms with van der Waals surface area (Å²) < 4.78 is 1.49. The van der Waals surface area contributed by atoms with Crippen molar-refractivity contribution in [2.45, 2.75) is 12.8 Å². The predicted octanol–water partition coefficient (Wildman–Crippen LogP) is 4.38. The minimum atomic E-state index is -0.236. The van der Waals surface area contributed by atoms with Crippen molar-refractivity contribution in [1.29, 1.82) is 5.26 Å². The van der Waals surface area contributed by atoms with E-state index in [1.807, 2.05) is 24.3 Å². The highest BCUT2D eigenvalue weighted by Crippen LogP contribution is 2.18. The van der Waals surface area contributed by atoms with Crippen LogP contribution < -0.4 is 5.56 Å². The first-order chi connectivity index (χ1) is 16.1. The molecule has 0 radical (unpaired) electrons. The van der Waals surface area contributed by atoms with Gasteiger partial charge in [0.1, 0.15) is 5.82 Å². The van der Waals surface area contributed by atoms with E-state index < -0.39 is 0 Å². The van der Waals surface area contributed by atoms with E-state index in [1.165, 1.54) is 4.57 Å². The number of aliphatic hydroxyl groups excluding tert-OH is 1. The first-order valence-corrected chi connectivity index (χ1v) is 10.6. The summed E-state index contributed by atoms with van der Waals surface area (Å²) in [6, 6.07) is 23.2. The number of Topliss-reactive ketones (excluding diaryl/α,β-unsaturated/α-hetero) is 1. The second kappa shape index (κ2) is 9.86. The lowest BCUT2D eigenvalue weighted by Gasteiger charge is -2.12. The molecule has 0 amide bonds. The van der Waals surface area contributed by atoms with Crippen molar-refractivity contribution in [3.05, 3.63) is 106 Å². The van der Waals surface area contributed by atoms with Crippen LogP contribution in [0.5, 0.6) is 0 Å². The molecule has 0 saturated heterocycles. The van der Waals surface area contributed by atoms with Crippen molar-refractivity contribution < 1.29 is 9.90 Å². The number of rotatable bonds is 7. The van der Waals surface area contributed by atoms with Gasteiger partial charge in [0.05, 0.1) is 28.2 Å². The molecule has 1 aromatic heterocycles. The molecule has 0 spiro atoms. The number of benzene rings is 3. The largest absolute Gasteiger partial charge is 0.396 e. The standard InChI is InChI=1S/C27H21N3O3/c28-18-20-12-10-19(11-13-20)14-15-26-29-24-8-2-1-7-23(24)27(33)30(26)22-6-3-5-21(17-22)25(32)9-4-16-31/h1-3,5-8,10-15,17,31H,4,9,16H2/b15-14+. The minimum absolute atomic E-state index is 0.0518. The molecule has 1 heterocycles. The van der Waals surface area contributed by atoms with Crippen LogP contribution in [0.4, 0.5) is 0 Å². The fraction of sp³-hybridized carbons (Fsp3) is 0.111. The number of fused-ring (bicyclic) bond motifs is 1. The van der Waals surface area contributed by atoms with E-state index in [4.69, 9.17) is 15.4 Å². The number of aromatic nitrogens is 2. The molecule has 3 aromatic carbocycles. The molecule has 0 unspecified atom stereocenters. The molecule has 162 valence electrons. The van der Waals surface area contributed by atoms with Gasteiger partial charge in [-0.2, -0.15) is 5.26 Å². The van der Waals surface area contributed by atoms with Crippen molar-refractivity contribution in [2.75, 3.05) is 6.61 Å². The molecule has 0 fully saturated rings. The van der Waals surface area contributed by atoms with Crippen LogP contribution in [0.3, 0.4) is 0 Å². The lowest BCUT2D eigenvalue weighted by Crippen LogP contribution is -2.22. The molecule has 0 aliphatic heterocycles. The van der Waals surface area contributed by atoms with Crippen LogP contribution in [-0.2, 0) is 0 Å². The third-order valence-corrected chi connectivity index (χ3v) is 5.25. The fourth-order valence-electron chi connectivity index (χ4n) is 3.55. The second-order valence-electron chi connectivity index (χ2n) is 7.50. The molecule has 6 heteroatoms. The number of para-hydroxylation sites is 1. The molecular weight excluding hydrogens is 414 g/mol. The van der Waals surface area contributed by atoms with Gasteiger partial charge in [0.15, 0.2) is 5.78 Å². The Labute approximate surface area is 190 Å². The molecule has 4 rings (SSSR count). The summed E-state index contributed by atoms with van der Waals surface area (Å²) in [4.78, 5) is 30.6. The Morgan fingerprint density at radius 1 is 1.03 bits per heavy atom. The lowest BCUT2D eigenvalue weighted by atomic mass is 10.1. The van der Waals surface area contributed by atoms with E-state index in [-0.39, 0.29) is 24.4 Å². The molecule has 0 aliphatic carbocycles. The second-order valence-corrected chi connectivity index (χ2v) is 7.50. The molecule has 6 nitrogen and oxygen atoms in total. The van der Waals surface area contributed by atoms with Crippen LogP contribution >= 0.6 is 0 Å². The Morgan fingerprint density at radius 3 is 2.58 bits per heavy atom. The number of nitrogens with zero attached hydrogens (tertiary/aromatic N) is 3. The van der Waals surface area contributed by atoms with Crippen molar-refractivity contribution in [2.24, 2.45) is 0 Å². The molecule has 33 heavy (non-hydrogen) atoms.